The van der Waals surface area contributed by atoms with E-state index in [1.165, 1.54) is 180 Å². The Labute approximate surface area is 489 Å². The first-order valence-corrected chi connectivity index (χ1v) is 33.7. The lowest BCUT2D eigenvalue weighted by Crippen LogP contribution is -2.30. The van der Waals surface area contributed by atoms with Crippen LogP contribution in [0.4, 0.5) is 0 Å². The minimum Gasteiger partial charge on any atom is -0.462 e. The lowest BCUT2D eigenvalue weighted by atomic mass is 10.0. The second-order valence-corrected chi connectivity index (χ2v) is 22.3. The summed E-state index contributed by atoms with van der Waals surface area (Å²) in [4.78, 5) is 38.4. The summed E-state index contributed by atoms with van der Waals surface area (Å²) in [7, 11) is 0. The third-order valence-corrected chi connectivity index (χ3v) is 14.6. The van der Waals surface area contributed by atoms with Crippen molar-refractivity contribution in [3.8, 4) is 0 Å². The van der Waals surface area contributed by atoms with Gasteiger partial charge in [0.25, 0.3) is 0 Å². The Hall–Kier alpha value is -3.67. The van der Waals surface area contributed by atoms with Gasteiger partial charge in [0.15, 0.2) is 6.10 Å². The second-order valence-electron chi connectivity index (χ2n) is 22.3. The zero-order valence-electron chi connectivity index (χ0n) is 52.1. The van der Waals surface area contributed by atoms with Crippen molar-refractivity contribution < 1.29 is 28.6 Å². The summed E-state index contributed by atoms with van der Waals surface area (Å²) in [6, 6.07) is 0. The van der Waals surface area contributed by atoms with Crippen molar-refractivity contribution >= 4 is 17.9 Å². The van der Waals surface area contributed by atoms with Crippen molar-refractivity contribution in [1.82, 2.24) is 0 Å². The standard InChI is InChI=1S/C73H126O6/c1-4-7-10-13-16-19-22-25-28-31-33-34-35-36-37-38-40-42-45-48-51-54-57-60-63-66-72(75)78-69-70(68-77-71(74)65-62-59-56-53-50-47-44-41-30-27-24-21-18-15-12-9-6-3)79-73(76)67-64-61-58-55-52-49-46-43-39-32-29-26-23-20-17-14-11-8-5-2/h7,9-10,12,16,18-19,21,25-30,33-34,70H,4-6,8,11,13-15,17,20,22-24,31-32,35-69H2,1-3H3/b10-7-,12-9-,19-16-,21-18-,28-25-,29-26-,30-27-,34-33-. The Balaban J connectivity index is 4.35. The molecule has 1 atom stereocenters. The summed E-state index contributed by atoms with van der Waals surface area (Å²) >= 11 is 0. The fraction of sp³-hybridized carbons (Fsp3) is 0.740. The molecule has 0 fully saturated rings. The second kappa shape index (κ2) is 66.8. The number of carbonyl (C=O) groups is 3. The molecular formula is C73H126O6. The van der Waals surface area contributed by atoms with E-state index in [-0.39, 0.29) is 31.1 Å². The maximum Gasteiger partial charge on any atom is 0.306 e. The molecule has 79 heavy (non-hydrogen) atoms. The molecule has 0 saturated carbocycles. The zero-order valence-corrected chi connectivity index (χ0v) is 52.1. The van der Waals surface area contributed by atoms with E-state index < -0.39 is 6.10 Å². The van der Waals surface area contributed by atoms with Gasteiger partial charge in [0, 0.05) is 19.3 Å². The summed E-state index contributed by atoms with van der Waals surface area (Å²) in [6.07, 6.45) is 89.9. The first-order valence-electron chi connectivity index (χ1n) is 33.7. The number of hydrogen-bond acceptors (Lipinski definition) is 6. The molecule has 0 aromatic carbocycles. The van der Waals surface area contributed by atoms with Crippen LogP contribution in [-0.2, 0) is 28.6 Å². The van der Waals surface area contributed by atoms with E-state index >= 15 is 0 Å². The van der Waals surface area contributed by atoms with E-state index in [1.807, 2.05) is 0 Å². The predicted molar refractivity (Wildman–Crippen MR) is 344 cm³/mol. The normalized spacial score (nSPS) is 12.7. The lowest BCUT2D eigenvalue weighted by Gasteiger charge is -2.18. The predicted octanol–water partition coefficient (Wildman–Crippen LogP) is 23.2. The summed E-state index contributed by atoms with van der Waals surface area (Å²) in [5.41, 5.74) is 0. The van der Waals surface area contributed by atoms with E-state index in [0.717, 1.165) is 109 Å². The molecule has 0 bridgehead atoms. The van der Waals surface area contributed by atoms with Crippen LogP contribution in [0.15, 0.2) is 97.2 Å². The molecule has 0 aliphatic carbocycles. The largest absolute Gasteiger partial charge is 0.462 e. The highest BCUT2D eigenvalue weighted by molar-refractivity contribution is 5.71. The van der Waals surface area contributed by atoms with Crippen molar-refractivity contribution in [3.05, 3.63) is 97.2 Å². The number of hydrogen-bond donors (Lipinski definition) is 0. The summed E-state index contributed by atoms with van der Waals surface area (Å²) in [5.74, 6) is -0.881. The fourth-order valence-electron chi connectivity index (χ4n) is 9.56. The van der Waals surface area contributed by atoms with Crippen LogP contribution in [0.5, 0.6) is 0 Å². The van der Waals surface area contributed by atoms with E-state index in [2.05, 4.69) is 118 Å². The van der Waals surface area contributed by atoms with Crippen molar-refractivity contribution in [2.24, 2.45) is 0 Å². The molecule has 0 rings (SSSR count). The fourth-order valence-corrected chi connectivity index (χ4v) is 9.56. The maximum absolute atomic E-state index is 12.9. The highest BCUT2D eigenvalue weighted by Crippen LogP contribution is 2.17. The van der Waals surface area contributed by atoms with Crippen molar-refractivity contribution in [1.29, 1.82) is 0 Å². The van der Waals surface area contributed by atoms with Gasteiger partial charge in [0.05, 0.1) is 0 Å². The van der Waals surface area contributed by atoms with E-state index in [4.69, 9.17) is 14.2 Å². The first kappa shape index (κ1) is 75.3. The van der Waals surface area contributed by atoms with Gasteiger partial charge in [-0.2, -0.15) is 0 Å². The quantitative estimate of drug-likeness (QED) is 0.0261. The summed E-state index contributed by atoms with van der Waals surface area (Å²) in [6.45, 7) is 6.44. The lowest BCUT2D eigenvalue weighted by molar-refractivity contribution is -0.167. The molecule has 0 aliphatic rings. The Morgan fingerprint density at radius 2 is 0.494 bits per heavy atom. The van der Waals surface area contributed by atoms with Gasteiger partial charge in [-0.05, 0) is 116 Å². The van der Waals surface area contributed by atoms with Crippen LogP contribution in [0, 0.1) is 0 Å². The molecule has 0 aromatic heterocycles. The first-order chi connectivity index (χ1) is 39.0. The minimum absolute atomic E-state index is 0.0809. The minimum atomic E-state index is -0.786. The van der Waals surface area contributed by atoms with Crippen LogP contribution in [-0.4, -0.2) is 37.2 Å². The molecule has 0 spiro atoms. The Morgan fingerprint density at radius 1 is 0.266 bits per heavy atom. The molecule has 6 nitrogen and oxygen atoms in total. The van der Waals surface area contributed by atoms with Gasteiger partial charge in [-0.3, -0.25) is 14.4 Å². The smallest absolute Gasteiger partial charge is 0.306 e. The summed E-state index contributed by atoms with van der Waals surface area (Å²) < 4.78 is 17.0. The average molecular weight is 1100 g/mol. The van der Waals surface area contributed by atoms with Crippen molar-refractivity contribution in [2.75, 3.05) is 13.2 Å². The van der Waals surface area contributed by atoms with Crippen molar-refractivity contribution in [3.63, 3.8) is 0 Å². The Morgan fingerprint density at radius 3 is 0.785 bits per heavy atom. The highest BCUT2D eigenvalue weighted by atomic mass is 16.6. The van der Waals surface area contributed by atoms with Crippen LogP contribution in [0.2, 0.25) is 0 Å². The topological polar surface area (TPSA) is 78.9 Å². The van der Waals surface area contributed by atoms with Crippen LogP contribution in [0.25, 0.3) is 0 Å². The Bertz CT molecular complexity index is 1540. The molecule has 0 radical (unpaired) electrons. The number of allylic oxidation sites excluding steroid dienone is 16. The average Bonchev–Trinajstić information content (AvgIpc) is 3.45. The molecule has 0 N–H and O–H groups in total. The molecule has 0 amide bonds. The molecular weight excluding hydrogens is 973 g/mol. The van der Waals surface area contributed by atoms with Gasteiger partial charge < -0.3 is 14.2 Å². The van der Waals surface area contributed by atoms with E-state index in [9.17, 15) is 14.4 Å². The number of unbranched alkanes of at least 4 members (excludes halogenated alkanes) is 34. The third kappa shape index (κ3) is 65.0. The van der Waals surface area contributed by atoms with Crippen LogP contribution in [0.1, 0.15) is 329 Å². The molecule has 1 unspecified atom stereocenters. The van der Waals surface area contributed by atoms with Gasteiger partial charge in [0.2, 0.25) is 0 Å². The number of ether oxygens (including phenoxy) is 3. The zero-order chi connectivity index (χ0) is 57.1. The van der Waals surface area contributed by atoms with Gasteiger partial charge in [0.1, 0.15) is 13.2 Å². The molecule has 454 valence electrons. The SMILES string of the molecule is CC/C=C\C/C=C\C/C=C\C/C=C\CCCCCCCCCCCCCCC(=O)OCC(COC(=O)CCCCCCCCC/C=C\C/C=C\C/C=C\CC)OC(=O)CCCCCCCCCCC/C=C\CCCCCCCC. The molecule has 0 heterocycles. The highest BCUT2D eigenvalue weighted by Gasteiger charge is 2.19. The van der Waals surface area contributed by atoms with E-state index in [1.54, 1.807) is 0 Å². The molecule has 0 aromatic rings. The molecule has 0 aliphatic heterocycles. The molecule has 0 saturated heterocycles. The number of rotatable bonds is 61. The van der Waals surface area contributed by atoms with Crippen LogP contribution in [0.3, 0.4) is 0 Å². The maximum atomic E-state index is 12.9. The Kier molecular flexibility index (Phi) is 63.7. The van der Waals surface area contributed by atoms with Gasteiger partial charge in [-0.1, -0.05) is 291 Å². The molecule has 6 heteroatoms. The van der Waals surface area contributed by atoms with Gasteiger partial charge in [-0.15, -0.1) is 0 Å². The number of carbonyl (C=O) groups excluding carboxylic acids is 3. The third-order valence-electron chi connectivity index (χ3n) is 14.6. The van der Waals surface area contributed by atoms with Gasteiger partial charge >= 0.3 is 17.9 Å². The van der Waals surface area contributed by atoms with Crippen LogP contribution < -0.4 is 0 Å². The van der Waals surface area contributed by atoms with Crippen molar-refractivity contribution in [2.45, 2.75) is 335 Å². The van der Waals surface area contributed by atoms with Crippen LogP contribution >= 0.6 is 0 Å². The number of esters is 3. The van der Waals surface area contributed by atoms with E-state index in [0.29, 0.717) is 19.3 Å². The van der Waals surface area contributed by atoms with Gasteiger partial charge in [-0.25, -0.2) is 0 Å². The summed E-state index contributed by atoms with van der Waals surface area (Å²) in [5, 5.41) is 0. The monoisotopic (exact) mass is 1100 g/mol.